The van der Waals surface area contributed by atoms with Crippen molar-refractivity contribution in [2.45, 2.75) is 31.8 Å². The molecule has 7 heteroatoms. The molecule has 6 nitrogen and oxygen atoms in total. The van der Waals surface area contributed by atoms with Crippen LogP contribution in [0.2, 0.25) is 0 Å². The molecule has 0 unspecified atom stereocenters. The van der Waals surface area contributed by atoms with E-state index in [1.165, 1.54) is 27.3 Å². The fourth-order valence-corrected chi connectivity index (χ4v) is 2.87. The number of rotatable bonds is 5. The van der Waals surface area contributed by atoms with Gasteiger partial charge < -0.3 is 19.5 Å². The number of esters is 1. The van der Waals surface area contributed by atoms with Crippen molar-refractivity contribution in [3.63, 3.8) is 0 Å². The Morgan fingerprint density at radius 2 is 1.79 bits per heavy atom. The van der Waals surface area contributed by atoms with Crippen molar-refractivity contribution >= 4 is 11.9 Å². The van der Waals surface area contributed by atoms with E-state index < -0.39 is 5.82 Å². The van der Waals surface area contributed by atoms with E-state index in [1.807, 2.05) is 0 Å². The van der Waals surface area contributed by atoms with Crippen molar-refractivity contribution in [2.24, 2.45) is 5.92 Å². The lowest BCUT2D eigenvalue weighted by Gasteiger charge is -2.27. The van der Waals surface area contributed by atoms with Gasteiger partial charge in [0, 0.05) is 13.1 Å². The van der Waals surface area contributed by atoms with E-state index in [9.17, 15) is 14.0 Å². The molecule has 2 rings (SSSR count). The van der Waals surface area contributed by atoms with Crippen LogP contribution in [0.4, 0.5) is 4.39 Å². The van der Waals surface area contributed by atoms with E-state index in [0.717, 1.165) is 6.07 Å². The van der Waals surface area contributed by atoms with Crippen LogP contribution in [0.3, 0.4) is 0 Å². The van der Waals surface area contributed by atoms with Crippen LogP contribution in [0.25, 0.3) is 0 Å². The number of nitrogens with one attached hydrogen (secondary N) is 1. The molecule has 0 atom stereocenters. The Bertz CT molecular complexity index is 611. The first kappa shape index (κ1) is 18.0. The number of benzene rings is 1. The van der Waals surface area contributed by atoms with Crippen molar-refractivity contribution in [2.75, 3.05) is 21.3 Å². The number of hydrogen-bond acceptors (Lipinski definition) is 5. The number of ether oxygens (including phenoxy) is 3. The van der Waals surface area contributed by atoms with E-state index in [0.29, 0.717) is 25.7 Å². The Kier molecular flexibility index (Phi) is 6.00. The van der Waals surface area contributed by atoms with Gasteiger partial charge in [0.25, 0.3) is 5.91 Å². The largest absolute Gasteiger partial charge is 0.496 e. The topological polar surface area (TPSA) is 73.9 Å². The highest BCUT2D eigenvalue weighted by Gasteiger charge is 2.28. The maximum Gasteiger partial charge on any atom is 0.308 e. The molecular weight excluding hydrogens is 317 g/mol. The Morgan fingerprint density at radius 1 is 1.12 bits per heavy atom. The smallest absolute Gasteiger partial charge is 0.308 e. The Labute approximate surface area is 140 Å². The maximum absolute atomic E-state index is 14.2. The predicted molar refractivity (Wildman–Crippen MR) is 84.7 cm³/mol. The first-order valence-corrected chi connectivity index (χ1v) is 7.84. The zero-order chi connectivity index (χ0) is 17.7. The van der Waals surface area contributed by atoms with Gasteiger partial charge in [-0.15, -0.1) is 0 Å². The van der Waals surface area contributed by atoms with Crippen molar-refractivity contribution in [3.8, 4) is 11.5 Å². The van der Waals surface area contributed by atoms with E-state index in [2.05, 4.69) is 5.32 Å². The Hall–Kier alpha value is -2.31. The summed E-state index contributed by atoms with van der Waals surface area (Å²) in [6.45, 7) is 0. The Morgan fingerprint density at radius 3 is 2.33 bits per heavy atom. The standard InChI is InChI=1S/C17H22FNO5/c1-19-16(20)12-8-15(13(18)9-14(12)22-2)24-11-6-4-10(5-7-11)17(21)23-3/h8-11H,4-7H2,1-3H3,(H,19,20). The fourth-order valence-electron chi connectivity index (χ4n) is 2.87. The highest BCUT2D eigenvalue weighted by atomic mass is 19.1. The fraction of sp³-hybridized carbons (Fsp3) is 0.529. The molecule has 1 amide bonds. The lowest BCUT2D eigenvalue weighted by molar-refractivity contribution is -0.147. The second-order valence-corrected chi connectivity index (χ2v) is 5.68. The van der Waals surface area contributed by atoms with Gasteiger partial charge in [0.2, 0.25) is 0 Å². The molecule has 24 heavy (non-hydrogen) atoms. The van der Waals surface area contributed by atoms with Crippen LogP contribution in [-0.4, -0.2) is 39.2 Å². The summed E-state index contributed by atoms with van der Waals surface area (Å²) in [4.78, 5) is 23.4. The van der Waals surface area contributed by atoms with Crippen LogP contribution in [0.5, 0.6) is 11.5 Å². The minimum Gasteiger partial charge on any atom is -0.496 e. The number of carbonyl (C=O) groups excluding carboxylic acids is 2. The summed E-state index contributed by atoms with van der Waals surface area (Å²) in [5.41, 5.74) is 0.208. The molecule has 0 bridgehead atoms. The molecule has 1 aromatic carbocycles. The molecule has 1 aliphatic carbocycles. The van der Waals surface area contributed by atoms with Crippen molar-refractivity contribution < 1.29 is 28.2 Å². The molecule has 1 aromatic rings. The summed E-state index contributed by atoms with van der Waals surface area (Å²) < 4.78 is 29.7. The second kappa shape index (κ2) is 7.99. The molecule has 132 valence electrons. The molecule has 0 aliphatic heterocycles. The lowest BCUT2D eigenvalue weighted by atomic mass is 9.87. The van der Waals surface area contributed by atoms with Crippen LogP contribution >= 0.6 is 0 Å². The first-order chi connectivity index (χ1) is 11.5. The number of halogens is 1. The zero-order valence-corrected chi connectivity index (χ0v) is 14.1. The SMILES string of the molecule is CNC(=O)c1cc(OC2CCC(C(=O)OC)CC2)c(F)cc1OC. The highest BCUT2D eigenvalue weighted by molar-refractivity contribution is 5.97. The molecule has 1 N–H and O–H groups in total. The molecule has 1 fully saturated rings. The molecule has 0 heterocycles. The van der Waals surface area contributed by atoms with Gasteiger partial charge in [0.05, 0.1) is 31.8 Å². The summed E-state index contributed by atoms with van der Waals surface area (Å²) in [5, 5.41) is 2.48. The van der Waals surface area contributed by atoms with Crippen molar-refractivity contribution in [1.29, 1.82) is 0 Å². The third kappa shape index (κ3) is 3.96. The average Bonchev–Trinajstić information content (AvgIpc) is 2.62. The van der Waals surface area contributed by atoms with Gasteiger partial charge in [0.15, 0.2) is 11.6 Å². The minimum atomic E-state index is -0.588. The zero-order valence-electron chi connectivity index (χ0n) is 14.1. The summed E-state index contributed by atoms with van der Waals surface area (Å²) in [6, 6.07) is 2.49. The van der Waals surface area contributed by atoms with Crippen molar-refractivity contribution in [3.05, 3.63) is 23.5 Å². The van der Waals surface area contributed by atoms with Crippen LogP contribution in [0, 0.1) is 11.7 Å². The van der Waals surface area contributed by atoms with Crippen molar-refractivity contribution in [1.82, 2.24) is 5.32 Å². The summed E-state index contributed by atoms with van der Waals surface area (Å²) in [6.07, 6.45) is 2.32. The van der Waals surface area contributed by atoms with Gasteiger partial charge >= 0.3 is 5.97 Å². The van der Waals surface area contributed by atoms with Gasteiger partial charge in [-0.05, 0) is 31.7 Å². The minimum absolute atomic E-state index is 0.0101. The van der Waals surface area contributed by atoms with Gasteiger partial charge in [-0.1, -0.05) is 0 Å². The Balaban J connectivity index is 2.10. The summed E-state index contributed by atoms with van der Waals surface area (Å²) in [7, 11) is 4.23. The number of methoxy groups -OCH3 is 2. The summed E-state index contributed by atoms with van der Waals surface area (Å²) >= 11 is 0. The highest BCUT2D eigenvalue weighted by Crippen LogP contribution is 2.32. The van der Waals surface area contributed by atoms with Gasteiger partial charge in [0.1, 0.15) is 5.75 Å². The predicted octanol–water partition coefficient (Wildman–Crippen LogP) is 2.30. The van der Waals surface area contributed by atoms with E-state index in [4.69, 9.17) is 14.2 Å². The number of carbonyl (C=O) groups is 2. The van der Waals surface area contributed by atoms with Crippen LogP contribution in [0.15, 0.2) is 12.1 Å². The first-order valence-electron chi connectivity index (χ1n) is 7.84. The quantitative estimate of drug-likeness (QED) is 0.833. The lowest BCUT2D eigenvalue weighted by Crippen LogP contribution is -2.29. The number of hydrogen-bond donors (Lipinski definition) is 1. The summed E-state index contributed by atoms with van der Waals surface area (Å²) in [5.74, 6) is -1.16. The van der Waals surface area contributed by atoms with E-state index in [1.54, 1.807) is 0 Å². The second-order valence-electron chi connectivity index (χ2n) is 5.68. The van der Waals surface area contributed by atoms with Gasteiger partial charge in [-0.2, -0.15) is 0 Å². The maximum atomic E-state index is 14.2. The van der Waals surface area contributed by atoms with E-state index >= 15 is 0 Å². The van der Waals surface area contributed by atoms with Crippen LogP contribution < -0.4 is 14.8 Å². The van der Waals surface area contributed by atoms with E-state index in [-0.39, 0.29) is 41.0 Å². The van der Waals surface area contributed by atoms with Crippen LogP contribution in [0.1, 0.15) is 36.0 Å². The molecule has 0 saturated heterocycles. The molecule has 0 radical (unpaired) electrons. The molecular formula is C17H22FNO5. The third-order valence-electron chi connectivity index (χ3n) is 4.23. The van der Waals surface area contributed by atoms with Gasteiger partial charge in [-0.25, -0.2) is 4.39 Å². The average molecular weight is 339 g/mol. The monoisotopic (exact) mass is 339 g/mol. The number of amides is 1. The molecule has 1 aliphatic rings. The normalized spacial score (nSPS) is 20.2. The molecule has 0 spiro atoms. The molecule has 1 saturated carbocycles. The van der Waals surface area contributed by atoms with Gasteiger partial charge in [-0.3, -0.25) is 9.59 Å². The molecule has 0 aromatic heterocycles. The third-order valence-corrected chi connectivity index (χ3v) is 4.23. The van der Waals surface area contributed by atoms with Crippen LogP contribution in [-0.2, 0) is 9.53 Å².